The molecule has 0 aromatic heterocycles. The molecule has 0 aliphatic carbocycles. The van der Waals surface area contributed by atoms with Gasteiger partial charge in [-0.3, -0.25) is 9.10 Å². The number of carbonyl (C=O) groups excluding carboxylic acids is 1. The third-order valence-corrected chi connectivity index (χ3v) is 6.65. The molecule has 8 heteroatoms. The van der Waals surface area contributed by atoms with Crippen molar-refractivity contribution in [3.63, 3.8) is 0 Å². The minimum Gasteiger partial charge on any atom is -0.353 e. The van der Waals surface area contributed by atoms with Gasteiger partial charge in [0.05, 0.1) is 11.9 Å². The van der Waals surface area contributed by atoms with E-state index in [-0.39, 0.29) is 5.91 Å². The van der Waals surface area contributed by atoms with E-state index in [0.717, 1.165) is 27.6 Å². The summed E-state index contributed by atoms with van der Waals surface area (Å²) < 4.78 is 25.9. The van der Waals surface area contributed by atoms with Gasteiger partial charge in [0.2, 0.25) is 15.9 Å². The molecule has 0 fully saturated rings. The number of rotatable bonds is 9. The number of thioether (sulfide) groups is 1. The summed E-state index contributed by atoms with van der Waals surface area (Å²) in [4.78, 5) is 12.6. The molecule has 2 aromatic carbocycles. The van der Waals surface area contributed by atoms with Gasteiger partial charge in [-0.2, -0.15) is 11.8 Å². The fourth-order valence-electron chi connectivity index (χ4n) is 2.76. The average Bonchev–Trinajstić information content (AvgIpc) is 2.64. The molecule has 1 atom stereocenters. The number of hydrogen-bond acceptors (Lipinski definition) is 4. The Bertz CT molecular complexity index is 905. The van der Waals surface area contributed by atoms with Crippen molar-refractivity contribution in [3.05, 3.63) is 64.7 Å². The smallest absolute Gasteiger partial charge is 0.243 e. The molecule has 0 aliphatic heterocycles. The predicted octanol–water partition coefficient (Wildman–Crippen LogP) is 3.85. The van der Waals surface area contributed by atoms with E-state index in [1.54, 1.807) is 43.8 Å². The summed E-state index contributed by atoms with van der Waals surface area (Å²) in [6.07, 6.45) is 1.09. The van der Waals surface area contributed by atoms with Crippen molar-refractivity contribution >= 4 is 45.0 Å². The molecule has 1 N–H and O–H groups in total. The normalized spacial score (nSPS) is 12.4. The Kier molecular flexibility index (Phi) is 8.22. The summed E-state index contributed by atoms with van der Waals surface area (Å²) in [6.45, 7) is 3.83. The Labute approximate surface area is 176 Å². The molecular formula is C20H25ClN2O3S2. The Balaban J connectivity index is 1.97. The molecule has 0 saturated carbocycles. The SMILES string of the molecule is Cc1ccc(Cl)cc1N([C@@H](C)C(=O)NCCSCc1ccccc1)S(C)(=O)=O. The lowest BCUT2D eigenvalue weighted by Crippen LogP contribution is -2.48. The highest BCUT2D eigenvalue weighted by Gasteiger charge is 2.30. The van der Waals surface area contributed by atoms with E-state index in [2.05, 4.69) is 17.4 Å². The number of nitrogens with zero attached hydrogens (tertiary/aromatic N) is 1. The number of nitrogens with one attached hydrogen (secondary N) is 1. The second-order valence-electron chi connectivity index (χ2n) is 6.49. The van der Waals surface area contributed by atoms with Gasteiger partial charge in [0.25, 0.3) is 0 Å². The fraction of sp³-hybridized carbons (Fsp3) is 0.350. The zero-order valence-corrected chi connectivity index (χ0v) is 18.6. The van der Waals surface area contributed by atoms with Gasteiger partial charge >= 0.3 is 0 Å². The van der Waals surface area contributed by atoms with Gasteiger partial charge in [-0.1, -0.05) is 48.0 Å². The van der Waals surface area contributed by atoms with E-state index < -0.39 is 16.1 Å². The van der Waals surface area contributed by atoms with Crippen LogP contribution >= 0.6 is 23.4 Å². The highest BCUT2D eigenvalue weighted by molar-refractivity contribution is 7.98. The van der Waals surface area contributed by atoms with Crippen LogP contribution in [0.1, 0.15) is 18.1 Å². The Morgan fingerprint density at radius 3 is 2.54 bits per heavy atom. The van der Waals surface area contributed by atoms with Gasteiger partial charge in [0, 0.05) is 23.1 Å². The number of carbonyl (C=O) groups is 1. The molecule has 1 amide bonds. The third kappa shape index (κ3) is 6.43. The van der Waals surface area contributed by atoms with Crippen LogP contribution in [-0.2, 0) is 20.6 Å². The number of benzene rings is 2. The summed E-state index contributed by atoms with van der Waals surface area (Å²) in [6, 6.07) is 14.2. The minimum absolute atomic E-state index is 0.342. The largest absolute Gasteiger partial charge is 0.353 e. The maximum atomic E-state index is 12.6. The highest BCUT2D eigenvalue weighted by atomic mass is 35.5. The topological polar surface area (TPSA) is 66.5 Å². The van der Waals surface area contributed by atoms with Crippen molar-refractivity contribution < 1.29 is 13.2 Å². The number of aryl methyl sites for hydroxylation is 1. The molecule has 152 valence electrons. The Morgan fingerprint density at radius 2 is 1.89 bits per heavy atom. The van der Waals surface area contributed by atoms with Crippen LogP contribution in [-0.4, -0.2) is 38.9 Å². The molecule has 0 saturated heterocycles. The lowest BCUT2D eigenvalue weighted by molar-refractivity contribution is -0.121. The maximum Gasteiger partial charge on any atom is 0.243 e. The molecule has 0 heterocycles. The van der Waals surface area contributed by atoms with Gasteiger partial charge in [0.1, 0.15) is 6.04 Å². The molecule has 5 nitrogen and oxygen atoms in total. The van der Waals surface area contributed by atoms with Crippen LogP contribution in [0.5, 0.6) is 0 Å². The van der Waals surface area contributed by atoms with E-state index in [1.807, 2.05) is 18.2 Å². The Hall–Kier alpha value is -1.70. The molecule has 2 aromatic rings. The van der Waals surface area contributed by atoms with Crippen LogP contribution in [0.3, 0.4) is 0 Å². The van der Waals surface area contributed by atoms with Crippen LogP contribution in [0.25, 0.3) is 0 Å². The maximum absolute atomic E-state index is 12.6. The van der Waals surface area contributed by atoms with Gasteiger partial charge in [-0.25, -0.2) is 8.42 Å². The standard InChI is InChI=1S/C20H25ClN2O3S2/c1-15-9-10-18(21)13-19(15)23(28(3,25)26)16(2)20(24)22-11-12-27-14-17-7-5-4-6-8-17/h4-10,13,16H,11-12,14H2,1-3H3,(H,22,24)/t16-/m0/s1. The molecular weight excluding hydrogens is 416 g/mol. The number of anilines is 1. The van der Waals surface area contributed by atoms with Crippen molar-refractivity contribution in [2.75, 3.05) is 22.9 Å². The third-order valence-electron chi connectivity index (χ3n) is 4.15. The van der Waals surface area contributed by atoms with Crippen molar-refractivity contribution in [1.29, 1.82) is 0 Å². The second-order valence-corrected chi connectivity index (χ2v) is 9.90. The Morgan fingerprint density at radius 1 is 1.21 bits per heavy atom. The van der Waals surface area contributed by atoms with Crippen LogP contribution in [0.2, 0.25) is 5.02 Å². The van der Waals surface area contributed by atoms with Gasteiger partial charge < -0.3 is 5.32 Å². The zero-order chi connectivity index (χ0) is 20.7. The summed E-state index contributed by atoms with van der Waals surface area (Å²) in [7, 11) is -3.66. The number of hydrogen-bond donors (Lipinski definition) is 1. The number of halogens is 1. The molecule has 0 radical (unpaired) electrons. The van der Waals surface area contributed by atoms with E-state index in [9.17, 15) is 13.2 Å². The van der Waals surface area contributed by atoms with Crippen LogP contribution in [0.15, 0.2) is 48.5 Å². The van der Waals surface area contributed by atoms with Crippen molar-refractivity contribution in [3.8, 4) is 0 Å². The van der Waals surface area contributed by atoms with E-state index in [4.69, 9.17) is 11.6 Å². The molecule has 0 bridgehead atoms. The lowest BCUT2D eigenvalue weighted by Gasteiger charge is -2.29. The molecule has 28 heavy (non-hydrogen) atoms. The summed E-state index contributed by atoms with van der Waals surface area (Å²) in [5.74, 6) is 1.26. The van der Waals surface area contributed by atoms with Crippen molar-refractivity contribution in [1.82, 2.24) is 5.32 Å². The van der Waals surface area contributed by atoms with Crippen molar-refractivity contribution in [2.24, 2.45) is 0 Å². The first-order chi connectivity index (χ1) is 13.2. The minimum atomic E-state index is -3.66. The number of amides is 1. The first kappa shape index (κ1) is 22.6. The van der Waals surface area contributed by atoms with E-state index in [1.165, 1.54) is 5.56 Å². The summed E-state index contributed by atoms with van der Waals surface area (Å²) >= 11 is 7.75. The van der Waals surface area contributed by atoms with Crippen LogP contribution < -0.4 is 9.62 Å². The summed E-state index contributed by atoms with van der Waals surface area (Å²) in [5, 5.41) is 3.24. The quantitative estimate of drug-likeness (QED) is 0.601. The van der Waals surface area contributed by atoms with Gasteiger partial charge in [-0.05, 0) is 37.1 Å². The first-order valence-corrected chi connectivity index (χ1v) is 12.2. The zero-order valence-electron chi connectivity index (χ0n) is 16.2. The van der Waals surface area contributed by atoms with Gasteiger partial charge in [0.15, 0.2) is 0 Å². The average molecular weight is 441 g/mol. The fourth-order valence-corrected chi connectivity index (χ4v) is 4.97. The van der Waals surface area contributed by atoms with Crippen LogP contribution in [0.4, 0.5) is 5.69 Å². The summed E-state index contributed by atoms with van der Waals surface area (Å²) in [5.41, 5.74) is 2.37. The predicted molar refractivity (Wildman–Crippen MR) is 119 cm³/mol. The lowest BCUT2D eigenvalue weighted by atomic mass is 10.2. The second kappa shape index (κ2) is 10.2. The van der Waals surface area contributed by atoms with Gasteiger partial charge in [-0.15, -0.1) is 0 Å². The molecule has 0 unspecified atom stereocenters. The van der Waals surface area contributed by atoms with E-state index in [0.29, 0.717) is 17.3 Å². The monoisotopic (exact) mass is 440 g/mol. The molecule has 0 aliphatic rings. The van der Waals surface area contributed by atoms with Crippen molar-refractivity contribution in [2.45, 2.75) is 25.6 Å². The molecule has 0 spiro atoms. The van der Waals surface area contributed by atoms with Crippen LogP contribution in [0, 0.1) is 6.92 Å². The molecule has 2 rings (SSSR count). The number of sulfonamides is 1. The first-order valence-electron chi connectivity index (χ1n) is 8.85. The highest BCUT2D eigenvalue weighted by Crippen LogP contribution is 2.28. The van der Waals surface area contributed by atoms with E-state index >= 15 is 0 Å².